The van der Waals surface area contributed by atoms with Crippen molar-refractivity contribution in [2.75, 3.05) is 47.6 Å². The smallest absolute Gasteiger partial charge is 0.389 e. The fourth-order valence-electron chi connectivity index (χ4n) is 1.67. The predicted molar refractivity (Wildman–Crippen MR) is 76.2 cm³/mol. The summed E-state index contributed by atoms with van der Waals surface area (Å²) in [6, 6.07) is 0.709. The summed E-state index contributed by atoms with van der Waals surface area (Å²) in [7, 11) is 2.33. The van der Waals surface area contributed by atoms with Gasteiger partial charge in [-0.15, -0.1) is 0 Å². The SMILES string of the molecule is CCCNCC(O)COCCC[Si](OC)(OC)OC. The molecule has 0 rings (SSSR count). The Balaban J connectivity index is 3.58. The molecule has 0 aliphatic carbocycles. The standard InChI is InChI=1S/C12H29NO5Si/c1-5-7-13-10-12(14)11-18-8-6-9-19(15-2,16-3)17-4/h12-14H,5-11H2,1-4H3. The maximum absolute atomic E-state index is 9.62. The minimum Gasteiger partial charge on any atom is -0.389 e. The van der Waals surface area contributed by atoms with Gasteiger partial charge in [0.1, 0.15) is 0 Å². The van der Waals surface area contributed by atoms with Crippen LogP contribution in [0.3, 0.4) is 0 Å². The first-order chi connectivity index (χ1) is 9.14. The lowest BCUT2D eigenvalue weighted by molar-refractivity contribution is 0.0353. The second-order valence-electron chi connectivity index (χ2n) is 4.33. The minimum atomic E-state index is -2.48. The largest absolute Gasteiger partial charge is 0.500 e. The molecule has 0 amide bonds. The van der Waals surface area contributed by atoms with Crippen LogP contribution in [0.5, 0.6) is 0 Å². The lowest BCUT2D eigenvalue weighted by Crippen LogP contribution is -2.42. The van der Waals surface area contributed by atoms with Crippen molar-refractivity contribution in [3.63, 3.8) is 0 Å². The van der Waals surface area contributed by atoms with E-state index in [4.69, 9.17) is 18.0 Å². The van der Waals surface area contributed by atoms with Crippen LogP contribution in [0.25, 0.3) is 0 Å². The Bertz CT molecular complexity index is 196. The molecule has 1 atom stereocenters. The van der Waals surface area contributed by atoms with Crippen molar-refractivity contribution in [2.24, 2.45) is 0 Å². The van der Waals surface area contributed by atoms with E-state index in [1.807, 2.05) is 0 Å². The van der Waals surface area contributed by atoms with Crippen LogP contribution < -0.4 is 5.32 Å². The molecule has 0 spiro atoms. The third-order valence-electron chi connectivity index (χ3n) is 2.82. The summed E-state index contributed by atoms with van der Waals surface area (Å²) < 4.78 is 21.3. The normalized spacial score (nSPS) is 13.7. The van der Waals surface area contributed by atoms with Crippen molar-refractivity contribution in [3.05, 3.63) is 0 Å². The Kier molecular flexibility index (Phi) is 11.8. The highest BCUT2D eigenvalue weighted by atomic mass is 28.4. The zero-order valence-electron chi connectivity index (χ0n) is 12.6. The highest BCUT2D eigenvalue weighted by Gasteiger charge is 2.36. The van der Waals surface area contributed by atoms with Crippen LogP contribution in [0.2, 0.25) is 6.04 Å². The molecule has 116 valence electrons. The van der Waals surface area contributed by atoms with E-state index < -0.39 is 14.9 Å². The van der Waals surface area contributed by atoms with E-state index in [9.17, 15) is 5.11 Å². The summed E-state index contributed by atoms with van der Waals surface area (Å²) in [5.74, 6) is 0. The quantitative estimate of drug-likeness (QED) is 0.384. The van der Waals surface area contributed by atoms with Gasteiger partial charge in [-0.25, -0.2) is 0 Å². The van der Waals surface area contributed by atoms with Gasteiger partial charge in [0.25, 0.3) is 0 Å². The fourth-order valence-corrected chi connectivity index (χ4v) is 3.36. The first kappa shape index (κ1) is 19.0. The summed E-state index contributed by atoms with van der Waals surface area (Å²) in [4.78, 5) is 0. The van der Waals surface area contributed by atoms with Crippen LogP contribution in [-0.2, 0) is 18.0 Å². The second-order valence-corrected chi connectivity index (χ2v) is 7.42. The van der Waals surface area contributed by atoms with Crippen LogP contribution in [0, 0.1) is 0 Å². The molecule has 0 heterocycles. The van der Waals surface area contributed by atoms with Gasteiger partial charge in [-0.1, -0.05) is 6.92 Å². The van der Waals surface area contributed by atoms with Crippen molar-refractivity contribution in [3.8, 4) is 0 Å². The Morgan fingerprint density at radius 1 is 1.16 bits per heavy atom. The molecule has 2 N–H and O–H groups in total. The third-order valence-corrected chi connectivity index (χ3v) is 5.65. The van der Waals surface area contributed by atoms with Gasteiger partial charge in [0.2, 0.25) is 0 Å². The molecule has 6 nitrogen and oxygen atoms in total. The molecule has 7 heteroatoms. The zero-order valence-corrected chi connectivity index (χ0v) is 13.6. The van der Waals surface area contributed by atoms with Crippen molar-refractivity contribution in [1.82, 2.24) is 5.32 Å². The minimum absolute atomic E-state index is 0.345. The van der Waals surface area contributed by atoms with E-state index in [1.54, 1.807) is 21.3 Å². The summed E-state index contributed by atoms with van der Waals surface area (Å²) in [6.07, 6.45) is 1.39. The van der Waals surface area contributed by atoms with E-state index >= 15 is 0 Å². The van der Waals surface area contributed by atoms with Crippen LogP contribution in [0.4, 0.5) is 0 Å². The van der Waals surface area contributed by atoms with E-state index in [0.717, 1.165) is 19.4 Å². The Morgan fingerprint density at radius 3 is 2.32 bits per heavy atom. The van der Waals surface area contributed by atoms with Crippen molar-refractivity contribution in [2.45, 2.75) is 31.9 Å². The summed E-state index contributed by atoms with van der Waals surface area (Å²) in [6.45, 7) is 4.49. The Morgan fingerprint density at radius 2 is 1.79 bits per heavy atom. The molecule has 0 saturated heterocycles. The van der Waals surface area contributed by atoms with Gasteiger partial charge in [-0.05, 0) is 19.4 Å². The monoisotopic (exact) mass is 295 g/mol. The lowest BCUT2D eigenvalue weighted by atomic mass is 10.3. The van der Waals surface area contributed by atoms with Gasteiger partial charge >= 0.3 is 8.80 Å². The van der Waals surface area contributed by atoms with Crippen molar-refractivity contribution >= 4 is 8.80 Å². The molecule has 0 fully saturated rings. The first-order valence-corrected chi connectivity index (χ1v) is 8.69. The molecular formula is C12H29NO5Si. The molecule has 0 aromatic heterocycles. The maximum atomic E-state index is 9.62. The van der Waals surface area contributed by atoms with Gasteiger partial charge in [0.05, 0.1) is 12.7 Å². The molecule has 0 bridgehead atoms. The van der Waals surface area contributed by atoms with Crippen LogP contribution in [0.15, 0.2) is 0 Å². The van der Waals surface area contributed by atoms with Crippen LogP contribution >= 0.6 is 0 Å². The molecule has 0 aliphatic rings. The Hall–Kier alpha value is -0.0231. The number of hydrogen-bond acceptors (Lipinski definition) is 6. The number of nitrogens with one attached hydrogen (secondary N) is 1. The summed E-state index contributed by atoms with van der Waals surface area (Å²) in [5, 5.41) is 12.8. The highest BCUT2D eigenvalue weighted by Crippen LogP contribution is 2.14. The molecule has 0 aromatic rings. The van der Waals surface area contributed by atoms with E-state index in [1.165, 1.54) is 0 Å². The summed E-state index contributed by atoms with van der Waals surface area (Å²) >= 11 is 0. The second kappa shape index (κ2) is 11.8. The molecular weight excluding hydrogens is 266 g/mol. The molecule has 0 radical (unpaired) electrons. The highest BCUT2D eigenvalue weighted by molar-refractivity contribution is 6.60. The van der Waals surface area contributed by atoms with E-state index in [-0.39, 0.29) is 0 Å². The van der Waals surface area contributed by atoms with Crippen molar-refractivity contribution in [1.29, 1.82) is 0 Å². The number of aliphatic hydroxyl groups excluding tert-OH is 1. The fraction of sp³-hybridized carbons (Fsp3) is 1.00. The van der Waals surface area contributed by atoms with Crippen LogP contribution in [-0.4, -0.2) is 67.6 Å². The van der Waals surface area contributed by atoms with Gasteiger partial charge in [-0.3, -0.25) is 0 Å². The maximum Gasteiger partial charge on any atom is 0.500 e. The number of ether oxygens (including phenoxy) is 1. The Labute approximate surface area is 117 Å². The average molecular weight is 295 g/mol. The van der Waals surface area contributed by atoms with Crippen LogP contribution in [0.1, 0.15) is 19.8 Å². The van der Waals surface area contributed by atoms with Gasteiger partial charge in [0.15, 0.2) is 0 Å². The molecule has 1 unspecified atom stereocenters. The molecule has 19 heavy (non-hydrogen) atoms. The molecule has 0 aliphatic heterocycles. The predicted octanol–water partition coefficient (Wildman–Crippen LogP) is 0.632. The number of rotatable bonds is 13. The topological polar surface area (TPSA) is 69.2 Å². The van der Waals surface area contributed by atoms with E-state index in [2.05, 4.69) is 12.2 Å². The van der Waals surface area contributed by atoms with Crippen molar-refractivity contribution < 1.29 is 23.1 Å². The lowest BCUT2D eigenvalue weighted by Gasteiger charge is -2.24. The van der Waals surface area contributed by atoms with E-state index in [0.29, 0.717) is 25.8 Å². The zero-order chi connectivity index (χ0) is 14.6. The summed E-state index contributed by atoms with van der Waals surface area (Å²) in [5.41, 5.74) is 0. The first-order valence-electron chi connectivity index (χ1n) is 6.76. The average Bonchev–Trinajstić information content (AvgIpc) is 2.44. The molecule has 0 aromatic carbocycles. The number of hydrogen-bond donors (Lipinski definition) is 2. The van der Waals surface area contributed by atoms with Gasteiger partial charge < -0.3 is 28.4 Å². The molecule has 0 saturated carbocycles. The van der Waals surface area contributed by atoms with Gasteiger partial charge in [-0.2, -0.15) is 0 Å². The third kappa shape index (κ3) is 8.69. The number of aliphatic hydroxyl groups is 1. The van der Waals surface area contributed by atoms with Gasteiger partial charge in [0, 0.05) is 40.5 Å².